The highest BCUT2D eigenvalue weighted by atomic mass is 32.1. The molecule has 2 aromatic heterocycles. The molecule has 94 valence electrons. The molecule has 0 saturated carbocycles. The number of carbonyl (C=O) groups is 1. The van der Waals surface area contributed by atoms with E-state index in [1.165, 1.54) is 20.9 Å². The molecule has 2 aromatic rings. The second kappa shape index (κ2) is 5.50. The van der Waals surface area contributed by atoms with Gasteiger partial charge in [0.25, 0.3) is 0 Å². The molecule has 0 atom stereocenters. The SMILES string of the molecule is Cc1ccsc1C(=CCC(=O)O)c1sccc1C. The summed E-state index contributed by atoms with van der Waals surface area (Å²) in [6.45, 7) is 4.12. The molecule has 0 aliphatic carbocycles. The van der Waals surface area contributed by atoms with Crippen LogP contribution < -0.4 is 0 Å². The van der Waals surface area contributed by atoms with Gasteiger partial charge >= 0.3 is 5.97 Å². The van der Waals surface area contributed by atoms with Crippen molar-refractivity contribution < 1.29 is 9.90 Å². The van der Waals surface area contributed by atoms with E-state index >= 15 is 0 Å². The van der Waals surface area contributed by atoms with Crippen LogP contribution >= 0.6 is 22.7 Å². The third kappa shape index (κ3) is 2.71. The largest absolute Gasteiger partial charge is 0.481 e. The second-order valence-corrected chi connectivity index (χ2v) is 5.91. The van der Waals surface area contributed by atoms with Gasteiger partial charge in [0.05, 0.1) is 6.42 Å². The molecule has 18 heavy (non-hydrogen) atoms. The summed E-state index contributed by atoms with van der Waals surface area (Å²) in [4.78, 5) is 13.1. The summed E-state index contributed by atoms with van der Waals surface area (Å²) in [6.07, 6.45) is 1.88. The Bertz CT molecular complexity index is 548. The molecular formula is C14H14O2S2. The Morgan fingerprint density at radius 2 is 1.67 bits per heavy atom. The van der Waals surface area contributed by atoms with Crippen molar-refractivity contribution in [3.8, 4) is 0 Å². The number of aliphatic carboxylic acids is 1. The Labute approximate surface area is 114 Å². The van der Waals surface area contributed by atoms with E-state index in [9.17, 15) is 4.79 Å². The molecule has 0 aromatic carbocycles. The molecule has 4 heteroatoms. The van der Waals surface area contributed by atoms with Crippen molar-refractivity contribution in [2.24, 2.45) is 0 Å². The van der Waals surface area contributed by atoms with E-state index in [-0.39, 0.29) is 6.42 Å². The Morgan fingerprint density at radius 1 is 1.17 bits per heavy atom. The highest BCUT2D eigenvalue weighted by molar-refractivity contribution is 7.14. The molecule has 2 nitrogen and oxygen atoms in total. The van der Waals surface area contributed by atoms with Crippen LogP contribution in [0.15, 0.2) is 29.0 Å². The quantitative estimate of drug-likeness (QED) is 0.903. The molecule has 0 fully saturated rings. The molecule has 0 saturated heterocycles. The molecule has 0 aliphatic rings. The molecule has 0 radical (unpaired) electrons. The summed E-state index contributed by atoms with van der Waals surface area (Å²) in [5.41, 5.74) is 3.45. The minimum absolute atomic E-state index is 0.0595. The van der Waals surface area contributed by atoms with Crippen molar-refractivity contribution in [3.63, 3.8) is 0 Å². The maximum Gasteiger partial charge on any atom is 0.307 e. The fourth-order valence-corrected chi connectivity index (χ4v) is 3.79. The predicted octanol–water partition coefficient (Wildman–Crippen LogP) is 4.33. The van der Waals surface area contributed by atoms with Crippen LogP contribution in [0.5, 0.6) is 0 Å². The maximum absolute atomic E-state index is 10.8. The number of hydrogen-bond donors (Lipinski definition) is 1. The average Bonchev–Trinajstić information content (AvgIpc) is 2.90. The van der Waals surface area contributed by atoms with E-state index in [2.05, 4.69) is 26.0 Å². The molecule has 0 amide bonds. The fraction of sp³-hybridized carbons (Fsp3) is 0.214. The highest BCUT2D eigenvalue weighted by Crippen LogP contribution is 2.35. The van der Waals surface area contributed by atoms with Crippen LogP contribution in [0, 0.1) is 13.8 Å². The van der Waals surface area contributed by atoms with Crippen molar-refractivity contribution in [2.45, 2.75) is 20.3 Å². The summed E-state index contributed by atoms with van der Waals surface area (Å²) in [5.74, 6) is -0.795. The number of carboxylic acids is 1. The van der Waals surface area contributed by atoms with Crippen LogP contribution in [0.4, 0.5) is 0 Å². The summed E-state index contributed by atoms with van der Waals surface area (Å²) < 4.78 is 0. The third-order valence-corrected chi connectivity index (χ3v) is 4.79. The number of hydrogen-bond acceptors (Lipinski definition) is 3. The van der Waals surface area contributed by atoms with Gasteiger partial charge in [0, 0.05) is 15.3 Å². The van der Waals surface area contributed by atoms with Crippen LogP contribution in [0.3, 0.4) is 0 Å². The van der Waals surface area contributed by atoms with Crippen molar-refractivity contribution in [3.05, 3.63) is 49.9 Å². The Balaban J connectivity index is 2.48. The molecule has 2 rings (SSSR count). The minimum Gasteiger partial charge on any atom is -0.481 e. The Kier molecular flexibility index (Phi) is 3.99. The topological polar surface area (TPSA) is 37.3 Å². The molecule has 0 aliphatic heterocycles. The van der Waals surface area contributed by atoms with E-state index in [4.69, 9.17) is 5.11 Å². The van der Waals surface area contributed by atoms with Crippen molar-refractivity contribution in [1.29, 1.82) is 0 Å². The summed E-state index contributed by atoms with van der Waals surface area (Å²) in [7, 11) is 0. The van der Waals surface area contributed by atoms with Gasteiger partial charge in [-0.1, -0.05) is 6.08 Å². The van der Waals surface area contributed by atoms with Gasteiger partial charge in [-0.15, -0.1) is 22.7 Å². The van der Waals surface area contributed by atoms with E-state index < -0.39 is 5.97 Å². The first-order valence-electron chi connectivity index (χ1n) is 5.60. The number of rotatable bonds is 4. The van der Waals surface area contributed by atoms with Gasteiger partial charge in [-0.2, -0.15) is 0 Å². The first-order chi connectivity index (χ1) is 8.59. The zero-order valence-electron chi connectivity index (χ0n) is 10.3. The highest BCUT2D eigenvalue weighted by Gasteiger charge is 2.13. The lowest BCUT2D eigenvalue weighted by molar-refractivity contribution is -0.135. The Morgan fingerprint density at radius 3 is 2.00 bits per heavy atom. The monoisotopic (exact) mass is 278 g/mol. The van der Waals surface area contributed by atoms with Crippen LogP contribution in [0.25, 0.3) is 5.57 Å². The molecule has 1 N–H and O–H groups in total. The van der Waals surface area contributed by atoms with Crippen LogP contribution in [-0.4, -0.2) is 11.1 Å². The van der Waals surface area contributed by atoms with Crippen molar-refractivity contribution in [1.82, 2.24) is 0 Å². The normalized spacial score (nSPS) is 10.3. The van der Waals surface area contributed by atoms with E-state index in [0.717, 1.165) is 5.57 Å². The van der Waals surface area contributed by atoms with Gasteiger partial charge in [0.1, 0.15) is 0 Å². The van der Waals surface area contributed by atoms with E-state index in [1.54, 1.807) is 22.7 Å². The Hall–Kier alpha value is -1.39. The van der Waals surface area contributed by atoms with Crippen LogP contribution in [0.2, 0.25) is 0 Å². The number of carboxylic acid groups (broad SMARTS) is 1. The fourth-order valence-electron chi connectivity index (χ4n) is 1.78. The zero-order valence-corrected chi connectivity index (χ0v) is 11.9. The average molecular weight is 278 g/mol. The maximum atomic E-state index is 10.8. The predicted molar refractivity (Wildman–Crippen MR) is 77.4 cm³/mol. The molecule has 0 spiro atoms. The molecule has 0 unspecified atom stereocenters. The van der Waals surface area contributed by atoms with Crippen molar-refractivity contribution in [2.75, 3.05) is 0 Å². The van der Waals surface area contributed by atoms with Crippen molar-refractivity contribution >= 4 is 34.2 Å². The number of aryl methyl sites for hydroxylation is 2. The summed E-state index contributed by atoms with van der Waals surface area (Å²) in [5, 5.41) is 12.9. The lowest BCUT2D eigenvalue weighted by atomic mass is 10.1. The van der Waals surface area contributed by atoms with Crippen LogP contribution in [0.1, 0.15) is 27.3 Å². The van der Waals surface area contributed by atoms with Gasteiger partial charge in [0.2, 0.25) is 0 Å². The summed E-state index contributed by atoms with van der Waals surface area (Å²) >= 11 is 3.32. The number of thiophene rings is 2. The molecule has 0 bridgehead atoms. The van der Waals surface area contributed by atoms with Crippen LogP contribution in [-0.2, 0) is 4.79 Å². The van der Waals surface area contributed by atoms with Gasteiger partial charge in [-0.3, -0.25) is 4.79 Å². The second-order valence-electron chi connectivity index (χ2n) is 4.08. The lowest BCUT2D eigenvalue weighted by Gasteiger charge is -2.06. The van der Waals surface area contributed by atoms with Gasteiger partial charge in [-0.05, 0) is 47.9 Å². The van der Waals surface area contributed by atoms with Gasteiger partial charge < -0.3 is 5.11 Å². The third-order valence-electron chi connectivity index (χ3n) is 2.69. The standard InChI is InChI=1S/C14H14O2S2/c1-9-5-7-17-13(9)11(3-4-12(15)16)14-10(2)6-8-18-14/h3,5-8H,4H2,1-2H3,(H,15,16). The van der Waals surface area contributed by atoms with Gasteiger partial charge in [0.15, 0.2) is 0 Å². The molecule has 2 heterocycles. The van der Waals surface area contributed by atoms with E-state index in [1.807, 2.05) is 16.8 Å². The lowest BCUT2D eigenvalue weighted by Crippen LogP contribution is -1.93. The smallest absolute Gasteiger partial charge is 0.307 e. The first-order valence-corrected chi connectivity index (χ1v) is 7.36. The van der Waals surface area contributed by atoms with Gasteiger partial charge in [-0.25, -0.2) is 0 Å². The molecular weight excluding hydrogens is 264 g/mol. The van der Waals surface area contributed by atoms with E-state index in [0.29, 0.717) is 0 Å². The minimum atomic E-state index is -0.795. The zero-order chi connectivity index (χ0) is 13.1. The summed E-state index contributed by atoms with van der Waals surface area (Å²) in [6, 6.07) is 4.13. The first kappa shape index (κ1) is 13.1.